The maximum Gasteiger partial charge on any atom is 0.257 e. The van der Waals surface area contributed by atoms with Gasteiger partial charge in [0.2, 0.25) is 5.95 Å². The molecule has 7 heteroatoms. The number of benzene rings is 2. The van der Waals surface area contributed by atoms with Crippen molar-refractivity contribution >= 4 is 28.7 Å². The number of hydrogen-bond acceptors (Lipinski definition) is 5. The second-order valence-corrected chi connectivity index (χ2v) is 5.71. The number of carbonyl (C=O) groups is 1. The summed E-state index contributed by atoms with van der Waals surface area (Å²) in [7, 11) is 0. The number of H-pyrrole nitrogens is 1. The van der Waals surface area contributed by atoms with Crippen molar-refractivity contribution in [3.63, 3.8) is 0 Å². The number of nitrogens with zero attached hydrogens (tertiary/aromatic N) is 3. The van der Waals surface area contributed by atoms with Crippen molar-refractivity contribution in [2.75, 3.05) is 10.6 Å². The highest BCUT2D eigenvalue weighted by Gasteiger charge is 2.10. The summed E-state index contributed by atoms with van der Waals surface area (Å²) in [5, 5.41) is 6.00. The van der Waals surface area contributed by atoms with E-state index >= 15 is 0 Å². The van der Waals surface area contributed by atoms with Gasteiger partial charge in [0.1, 0.15) is 12.1 Å². The molecule has 3 N–H and O–H groups in total. The number of aromatic nitrogens is 4. The Hall–Kier alpha value is -3.74. The Morgan fingerprint density at radius 2 is 2.00 bits per heavy atom. The number of hydrogen-bond donors (Lipinski definition) is 3. The molecule has 0 saturated heterocycles. The molecule has 2 aromatic heterocycles. The number of imidazole rings is 1. The highest BCUT2D eigenvalue weighted by Crippen LogP contribution is 2.15. The van der Waals surface area contributed by atoms with Gasteiger partial charge < -0.3 is 10.3 Å². The molecule has 7 nitrogen and oxygen atoms in total. The summed E-state index contributed by atoms with van der Waals surface area (Å²) in [6.07, 6.45) is 3.16. The second-order valence-electron chi connectivity index (χ2n) is 5.71. The SMILES string of the molecule is O=C(Nc1nc2ccccc2[nH]1)c1cccc(CNc2ccncn2)c1. The molecule has 4 rings (SSSR count). The number of anilines is 2. The lowest BCUT2D eigenvalue weighted by Crippen LogP contribution is -2.13. The lowest BCUT2D eigenvalue weighted by Gasteiger charge is -2.07. The van der Waals surface area contributed by atoms with E-state index in [2.05, 4.69) is 30.6 Å². The third-order valence-electron chi connectivity index (χ3n) is 3.87. The molecule has 0 spiro atoms. The molecule has 1 amide bonds. The van der Waals surface area contributed by atoms with E-state index in [1.807, 2.05) is 42.5 Å². The van der Waals surface area contributed by atoms with E-state index in [9.17, 15) is 4.79 Å². The molecule has 0 bridgehead atoms. The van der Waals surface area contributed by atoms with E-state index in [1.54, 1.807) is 18.3 Å². The summed E-state index contributed by atoms with van der Waals surface area (Å²) in [6, 6.07) is 16.8. The summed E-state index contributed by atoms with van der Waals surface area (Å²) in [5.74, 6) is 0.950. The van der Waals surface area contributed by atoms with Gasteiger partial charge in [0.15, 0.2) is 0 Å². The quantitative estimate of drug-likeness (QED) is 0.517. The van der Waals surface area contributed by atoms with Crippen molar-refractivity contribution < 1.29 is 4.79 Å². The van der Waals surface area contributed by atoms with Gasteiger partial charge in [0.25, 0.3) is 5.91 Å². The minimum absolute atomic E-state index is 0.215. The zero-order chi connectivity index (χ0) is 17.8. The Morgan fingerprint density at radius 1 is 1.08 bits per heavy atom. The third-order valence-corrected chi connectivity index (χ3v) is 3.87. The smallest absolute Gasteiger partial charge is 0.257 e. The van der Waals surface area contributed by atoms with E-state index in [-0.39, 0.29) is 5.91 Å². The van der Waals surface area contributed by atoms with Crippen LogP contribution in [0.15, 0.2) is 67.1 Å². The monoisotopic (exact) mass is 344 g/mol. The zero-order valence-electron chi connectivity index (χ0n) is 13.8. The molecule has 0 aliphatic heterocycles. The highest BCUT2D eigenvalue weighted by atomic mass is 16.1. The van der Waals surface area contributed by atoms with Crippen LogP contribution in [-0.2, 0) is 6.54 Å². The molecule has 0 aliphatic carbocycles. The van der Waals surface area contributed by atoms with Crippen LogP contribution in [0.4, 0.5) is 11.8 Å². The van der Waals surface area contributed by atoms with Crippen molar-refractivity contribution in [2.24, 2.45) is 0 Å². The summed E-state index contributed by atoms with van der Waals surface area (Å²) in [5.41, 5.74) is 3.23. The number of fused-ring (bicyclic) bond motifs is 1. The zero-order valence-corrected chi connectivity index (χ0v) is 13.8. The fourth-order valence-corrected chi connectivity index (χ4v) is 2.60. The molecular weight excluding hydrogens is 328 g/mol. The Bertz CT molecular complexity index is 1010. The summed E-state index contributed by atoms with van der Waals surface area (Å²) < 4.78 is 0. The van der Waals surface area contributed by atoms with Crippen molar-refractivity contribution in [2.45, 2.75) is 6.54 Å². The number of para-hydroxylation sites is 2. The van der Waals surface area contributed by atoms with Gasteiger partial charge in [-0.1, -0.05) is 24.3 Å². The van der Waals surface area contributed by atoms with Crippen LogP contribution in [0.2, 0.25) is 0 Å². The Kier molecular flexibility index (Phi) is 4.26. The number of aromatic amines is 1. The minimum Gasteiger partial charge on any atom is -0.366 e. The molecule has 2 aromatic carbocycles. The van der Waals surface area contributed by atoms with E-state index in [0.29, 0.717) is 18.1 Å². The average molecular weight is 344 g/mol. The molecule has 0 fully saturated rings. The van der Waals surface area contributed by atoms with Gasteiger partial charge in [-0.2, -0.15) is 0 Å². The molecule has 0 aliphatic rings. The predicted octanol–water partition coefficient (Wildman–Crippen LogP) is 3.22. The molecule has 128 valence electrons. The molecule has 0 atom stereocenters. The van der Waals surface area contributed by atoms with Crippen LogP contribution in [0, 0.1) is 0 Å². The number of nitrogens with one attached hydrogen (secondary N) is 3. The van der Waals surface area contributed by atoms with Crippen LogP contribution in [0.1, 0.15) is 15.9 Å². The fourth-order valence-electron chi connectivity index (χ4n) is 2.60. The Morgan fingerprint density at radius 3 is 2.85 bits per heavy atom. The molecule has 4 aromatic rings. The predicted molar refractivity (Wildman–Crippen MR) is 99.8 cm³/mol. The van der Waals surface area contributed by atoms with Crippen LogP contribution in [0.3, 0.4) is 0 Å². The van der Waals surface area contributed by atoms with Gasteiger partial charge >= 0.3 is 0 Å². The molecule has 0 unspecified atom stereocenters. The van der Waals surface area contributed by atoms with Crippen LogP contribution >= 0.6 is 0 Å². The Balaban J connectivity index is 1.45. The first-order chi connectivity index (χ1) is 12.8. The van der Waals surface area contributed by atoms with Crippen LogP contribution in [-0.4, -0.2) is 25.8 Å². The van der Waals surface area contributed by atoms with E-state index < -0.39 is 0 Å². The summed E-state index contributed by atoms with van der Waals surface area (Å²) in [6.45, 7) is 0.558. The number of carbonyl (C=O) groups excluding carboxylic acids is 1. The van der Waals surface area contributed by atoms with Crippen molar-refractivity contribution in [1.29, 1.82) is 0 Å². The lowest BCUT2D eigenvalue weighted by molar-refractivity contribution is 0.102. The number of amides is 1. The van der Waals surface area contributed by atoms with Crippen molar-refractivity contribution in [3.8, 4) is 0 Å². The van der Waals surface area contributed by atoms with Gasteiger partial charge in [-0.25, -0.2) is 15.0 Å². The van der Waals surface area contributed by atoms with Crippen molar-refractivity contribution in [3.05, 3.63) is 78.2 Å². The molecule has 2 heterocycles. The standard InChI is InChI=1S/C19H16N6O/c26-18(25-19-23-15-6-1-2-7-16(15)24-19)14-5-3-4-13(10-14)11-21-17-8-9-20-12-22-17/h1-10,12H,11H2,(H,20,21,22)(H2,23,24,25,26). The van der Waals surface area contributed by atoms with E-state index in [4.69, 9.17) is 0 Å². The summed E-state index contributed by atoms with van der Waals surface area (Å²) in [4.78, 5) is 28.0. The first-order valence-electron chi connectivity index (χ1n) is 8.13. The Labute approximate surface area is 149 Å². The normalized spacial score (nSPS) is 10.6. The van der Waals surface area contributed by atoms with Crippen LogP contribution in [0.25, 0.3) is 11.0 Å². The highest BCUT2D eigenvalue weighted by molar-refractivity contribution is 6.04. The van der Waals surface area contributed by atoms with Gasteiger partial charge in [-0.15, -0.1) is 0 Å². The minimum atomic E-state index is -0.215. The largest absolute Gasteiger partial charge is 0.366 e. The van der Waals surface area contributed by atoms with E-state index in [0.717, 1.165) is 22.4 Å². The molecule has 0 saturated carbocycles. The summed E-state index contributed by atoms with van der Waals surface area (Å²) >= 11 is 0. The fraction of sp³-hybridized carbons (Fsp3) is 0.0526. The topological polar surface area (TPSA) is 95.6 Å². The maximum atomic E-state index is 12.5. The molecular formula is C19H16N6O. The number of rotatable bonds is 5. The van der Waals surface area contributed by atoms with Gasteiger partial charge in [0.05, 0.1) is 11.0 Å². The maximum absolute atomic E-state index is 12.5. The van der Waals surface area contributed by atoms with Crippen LogP contribution in [0.5, 0.6) is 0 Å². The first-order valence-corrected chi connectivity index (χ1v) is 8.13. The lowest BCUT2D eigenvalue weighted by atomic mass is 10.1. The second kappa shape index (κ2) is 7.02. The van der Waals surface area contributed by atoms with Gasteiger partial charge in [-0.05, 0) is 35.9 Å². The van der Waals surface area contributed by atoms with Gasteiger partial charge in [-0.3, -0.25) is 10.1 Å². The molecule has 0 radical (unpaired) electrons. The first kappa shape index (κ1) is 15.8. The van der Waals surface area contributed by atoms with Crippen molar-refractivity contribution in [1.82, 2.24) is 19.9 Å². The third kappa shape index (κ3) is 3.51. The van der Waals surface area contributed by atoms with Crippen LogP contribution < -0.4 is 10.6 Å². The van der Waals surface area contributed by atoms with E-state index in [1.165, 1.54) is 6.33 Å². The molecule has 26 heavy (non-hydrogen) atoms. The van der Waals surface area contributed by atoms with Gasteiger partial charge in [0, 0.05) is 18.3 Å². The average Bonchev–Trinajstić information content (AvgIpc) is 3.09.